The van der Waals surface area contributed by atoms with Crippen molar-refractivity contribution < 1.29 is 109 Å². The van der Waals surface area contributed by atoms with Gasteiger partial charge in [-0.25, -0.2) is 4.42 Å². The first-order valence-electron chi connectivity index (χ1n) is 16.7. The van der Waals surface area contributed by atoms with Crippen molar-refractivity contribution in [2.75, 3.05) is 19.8 Å². The second-order valence-electron chi connectivity index (χ2n) is 13.1. The molecule has 3 aliphatic rings. The first kappa shape index (κ1) is 40.7. The molecule has 1 aromatic heterocycles. The largest absolute Gasteiger partial charge is 0.507 e. The zero-order chi connectivity index (χ0) is 40.0. The Labute approximate surface area is 308 Å². The molecule has 3 saturated heterocycles. The Hall–Kier alpha value is -3.95. The molecule has 6 rings (SSSR count). The normalized spacial score (nSPS) is 36.8. The van der Waals surface area contributed by atoms with Crippen LogP contribution in [0.2, 0.25) is 0 Å². The van der Waals surface area contributed by atoms with Gasteiger partial charge in [0, 0.05) is 24.3 Å². The maximum atomic E-state index is 11.4. The molecular weight excluding hydrogens is 748 g/mol. The average Bonchev–Trinajstić information content (AvgIpc) is 3.16. The summed E-state index contributed by atoms with van der Waals surface area (Å²) in [5, 5.41) is 155. The number of phenolic OH excluding ortho intramolecular Hbond substituents is 3. The molecule has 3 fully saturated rings. The highest BCUT2D eigenvalue weighted by molar-refractivity contribution is 5.88. The van der Waals surface area contributed by atoms with Gasteiger partial charge >= 0.3 is 11.3 Å². The Morgan fingerprint density at radius 1 is 0.491 bits per heavy atom. The minimum Gasteiger partial charge on any atom is -0.507 e. The molecule has 0 bridgehead atoms. The summed E-state index contributed by atoms with van der Waals surface area (Å²) < 4.78 is 39.6. The number of aliphatic hydroxyl groups is 12. The zero-order valence-electron chi connectivity index (χ0n) is 28.2. The summed E-state index contributed by atoms with van der Waals surface area (Å²) in [6.07, 6.45) is -27.1. The highest BCUT2D eigenvalue weighted by Crippen LogP contribution is 2.47. The van der Waals surface area contributed by atoms with Crippen molar-refractivity contribution in [2.24, 2.45) is 0 Å². The number of phenols is 3. The number of ether oxygens (including phenoxy) is 6. The van der Waals surface area contributed by atoms with Crippen molar-refractivity contribution in [1.29, 1.82) is 0 Å². The SMILES string of the molecule is OC[C@H]1O[C@@H](Oc2cc3c(O)cc(O)cc3[o+]c2-c2cc(O[C@@H]3O[C@H](CO)[C@@H](O)[C@H](O)[C@H]3O)c(O)c(O[C@@H]3O[C@H](CO)[C@@H](O)[C@H](O)[C@H]3O)c2)[C@H](O)[C@@H](O)[C@@H]1O. The van der Waals surface area contributed by atoms with Crippen LogP contribution in [0.5, 0.6) is 34.5 Å². The van der Waals surface area contributed by atoms with Crippen LogP contribution in [0.25, 0.3) is 22.3 Å². The molecule has 304 valence electrons. The third-order valence-electron chi connectivity index (χ3n) is 9.39. The maximum absolute atomic E-state index is 11.4. The molecule has 55 heavy (non-hydrogen) atoms. The lowest BCUT2D eigenvalue weighted by Crippen LogP contribution is -2.60. The third-order valence-corrected chi connectivity index (χ3v) is 9.39. The van der Waals surface area contributed by atoms with Crippen molar-refractivity contribution in [3.63, 3.8) is 0 Å². The van der Waals surface area contributed by atoms with Gasteiger partial charge in [-0.15, -0.1) is 0 Å². The molecule has 0 saturated carbocycles. The van der Waals surface area contributed by atoms with Gasteiger partial charge < -0.3 is 105 Å². The smallest absolute Gasteiger partial charge is 0.402 e. The molecule has 15 atom stereocenters. The van der Waals surface area contributed by atoms with Crippen molar-refractivity contribution in [3.05, 3.63) is 30.3 Å². The molecule has 15 N–H and O–H groups in total. The summed E-state index contributed by atoms with van der Waals surface area (Å²) in [6, 6.07) is 5.17. The summed E-state index contributed by atoms with van der Waals surface area (Å²) in [4.78, 5) is 0. The zero-order valence-corrected chi connectivity index (χ0v) is 28.2. The van der Waals surface area contributed by atoms with Crippen molar-refractivity contribution in [1.82, 2.24) is 0 Å². The topological polar surface area (TPSA) is 370 Å². The quantitative estimate of drug-likeness (QED) is 0.0855. The Bertz CT molecular complexity index is 1750. The molecule has 4 heterocycles. The van der Waals surface area contributed by atoms with Gasteiger partial charge in [0.2, 0.25) is 30.4 Å². The molecule has 0 radical (unpaired) electrons. The van der Waals surface area contributed by atoms with Gasteiger partial charge in [0.15, 0.2) is 11.5 Å². The van der Waals surface area contributed by atoms with Crippen LogP contribution in [0.1, 0.15) is 0 Å². The fourth-order valence-electron chi connectivity index (χ4n) is 6.24. The van der Waals surface area contributed by atoms with Crippen LogP contribution in [-0.4, -0.2) is 189 Å². The van der Waals surface area contributed by atoms with Gasteiger partial charge in [-0.2, -0.15) is 0 Å². The van der Waals surface area contributed by atoms with Gasteiger partial charge in [-0.05, 0) is 0 Å². The minimum atomic E-state index is -2.00. The average molecular weight is 790 g/mol. The van der Waals surface area contributed by atoms with E-state index in [0.717, 1.165) is 30.3 Å². The van der Waals surface area contributed by atoms with E-state index in [1.165, 1.54) is 0 Å². The Morgan fingerprint density at radius 3 is 1.29 bits per heavy atom. The molecule has 0 aliphatic carbocycles. The van der Waals surface area contributed by atoms with Crippen molar-refractivity contribution in [2.45, 2.75) is 92.1 Å². The van der Waals surface area contributed by atoms with E-state index in [0.29, 0.717) is 0 Å². The maximum Gasteiger partial charge on any atom is 0.402 e. The number of hydrogen-bond donors (Lipinski definition) is 15. The Balaban J connectivity index is 1.50. The van der Waals surface area contributed by atoms with E-state index in [9.17, 15) is 76.6 Å². The van der Waals surface area contributed by atoms with E-state index in [4.69, 9.17) is 32.8 Å². The number of aromatic hydroxyl groups is 3. The van der Waals surface area contributed by atoms with Crippen LogP contribution in [0, 0.1) is 0 Å². The van der Waals surface area contributed by atoms with Crippen LogP contribution < -0.4 is 14.2 Å². The van der Waals surface area contributed by atoms with Crippen molar-refractivity contribution in [3.8, 4) is 45.8 Å². The van der Waals surface area contributed by atoms with Gasteiger partial charge in [0.05, 0.1) is 31.5 Å². The van der Waals surface area contributed by atoms with E-state index in [2.05, 4.69) is 0 Å². The second-order valence-corrected chi connectivity index (χ2v) is 13.1. The monoisotopic (exact) mass is 789 g/mol. The van der Waals surface area contributed by atoms with E-state index in [1.807, 2.05) is 0 Å². The highest BCUT2D eigenvalue weighted by atomic mass is 16.7. The molecule has 22 heteroatoms. The van der Waals surface area contributed by atoms with Gasteiger partial charge in [0.25, 0.3) is 0 Å². The van der Waals surface area contributed by atoms with E-state index in [1.54, 1.807) is 0 Å². The van der Waals surface area contributed by atoms with Gasteiger partial charge in [-0.3, -0.25) is 0 Å². The number of rotatable bonds is 10. The lowest BCUT2D eigenvalue weighted by Gasteiger charge is -2.40. The van der Waals surface area contributed by atoms with Crippen LogP contribution >= 0.6 is 0 Å². The van der Waals surface area contributed by atoms with Gasteiger partial charge in [0.1, 0.15) is 90.1 Å². The van der Waals surface area contributed by atoms with Crippen LogP contribution in [-0.2, 0) is 14.2 Å². The van der Waals surface area contributed by atoms with Crippen LogP contribution in [0.3, 0.4) is 0 Å². The molecule has 22 nitrogen and oxygen atoms in total. The molecule has 0 spiro atoms. The predicted octanol–water partition coefficient (Wildman–Crippen LogP) is -4.97. The van der Waals surface area contributed by atoms with Gasteiger partial charge in [-0.1, -0.05) is 0 Å². The third kappa shape index (κ3) is 7.76. The standard InChI is InChI=1S/C33H40O22/c34-6-17-21(40)24(43)27(46)31(53-17)50-14-1-9(2-15(20(14)39)51-32-28(47)25(44)22(41)18(7-35)54-32)30-16(5-11-12(38)3-10(37)4-13(11)49-30)52-33-29(48)26(45)23(42)19(8-36)55-33/h1-5,17-19,21-29,31-36,40-48H,6-8H2,(H2-,37,38,39)/p+1/t17-,18-,19-,21-,22-,23-,24+,25+,26+,27-,28-,29-,31-,32-,33-/m1/s1. The lowest BCUT2D eigenvalue weighted by molar-refractivity contribution is -0.279. The number of benzene rings is 2. The fraction of sp³-hybridized carbons (Fsp3) is 0.545. The predicted molar refractivity (Wildman–Crippen MR) is 174 cm³/mol. The molecule has 0 unspecified atom stereocenters. The lowest BCUT2D eigenvalue weighted by atomic mass is 9.99. The molecular formula is C33H41O22+. The number of fused-ring (bicyclic) bond motifs is 1. The van der Waals surface area contributed by atoms with Crippen molar-refractivity contribution >= 4 is 11.0 Å². The number of hydrogen-bond acceptors (Lipinski definition) is 21. The second kappa shape index (κ2) is 16.3. The molecule has 2 aromatic carbocycles. The first-order valence-corrected chi connectivity index (χ1v) is 16.7. The molecule has 3 aromatic rings. The first-order chi connectivity index (χ1) is 26.1. The fourth-order valence-corrected chi connectivity index (χ4v) is 6.24. The molecule has 3 aliphatic heterocycles. The summed E-state index contributed by atoms with van der Waals surface area (Å²) in [5.74, 6) is -4.14. The minimum absolute atomic E-state index is 0.101. The summed E-state index contributed by atoms with van der Waals surface area (Å²) in [5.41, 5.74) is -0.462. The van der Waals surface area contributed by atoms with E-state index < -0.39 is 152 Å². The Morgan fingerprint density at radius 2 is 0.891 bits per heavy atom. The number of aliphatic hydroxyl groups excluding tert-OH is 12. The summed E-state index contributed by atoms with van der Waals surface area (Å²) in [7, 11) is 0. The van der Waals surface area contributed by atoms with E-state index >= 15 is 0 Å². The van der Waals surface area contributed by atoms with Crippen LogP contribution in [0.15, 0.2) is 34.7 Å². The Kier molecular flexibility index (Phi) is 12.0. The highest BCUT2D eigenvalue weighted by Gasteiger charge is 2.48. The summed E-state index contributed by atoms with van der Waals surface area (Å²) >= 11 is 0. The molecule has 0 amide bonds. The van der Waals surface area contributed by atoms with Crippen LogP contribution in [0.4, 0.5) is 0 Å². The van der Waals surface area contributed by atoms with E-state index in [-0.39, 0.29) is 16.5 Å². The summed E-state index contributed by atoms with van der Waals surface area (Å²) in [6.45, 7) is -2.53.